The van der Waals surface area contributed by atoms with E-state index in [4.69, 9.17) is 9.47 Å². The Morgan fingerprint density at radius 2 is 1.53 bits per heavy atom. The Morgan fingerprint density at radius 1 is 0.867 bits per heavy atom. The van der Waals surface area contributed by atoms with E-state index in [1.165, 1.54) is 12.1 Å². The number of halogens is 3. The molecule has 0 aliphatic rings. The van der Waals surface area contributed by atoms with Crippen molar-refractivity contribution in [2.75, 3.05) is 20.3 Å². The highest BCUT2D eigenvalue weighted by atomic mass is 32.2. The summed E-state index contributed by atoms with van der Waals surface area (Å²) in [5.41, 5.74) is 0.458. The standard InChI is InChI=1S/C23H22F3NO2S/c1-28-20-7-3-5-9-22(20)30-21-8-4-2-6-17(21)16-27-14-15-29-19-12-10-18(11-13-19)23(24,25)26/h2-13,27H,14-16H2,1H3. The van der Waals surface area contributed by atoms with Gasteiger partial charge in [-0.05, 0) is 48.0 Å². The first kappa shape index (κ1) is 22.1. The first-order valence-corrected chi connectivity index (χ1v) is 10.2. The van der Waals surface area contributed by atoms with Crippen LogP contribution in [0.2, 0.25) is 0 Å². The number of para-hydroxylation sites is 1. The van der Waals surface area contributed by atoms with Gasteiger partial charge in [-0.3, -0.25) is 0 Å². The third kappa shape index (κ3) is 6.18. The van der Waals surface area contributed by atoms with E-state index >= 15 is 0 Å². The molecule has 0 aromatic heterocycles. The van der Waals surface area contributed by atoms with Crippen LogP contribution in [-0.2, 0) is 12.7 Å². The lowest BCUT2D eigenvalue weighted by Crippen LogP contribution is -2.21. The first-order valence-electron chi connectivity index (χ1n) is 9.37. The molecule has 0 amide bonds. The molecule has 0 aliphatic heterocycles. The Hall–Kier alpha value is -2.64. The van der Waals surface area contributed by atoms with Crippen molar-refractivity contribution in [1.29, 1.82) is 0 Å². The zero-order valence-corrected chi connectivity index (χ0v) is 17.2. The predicted octanol–water partition coefficient (Wildman–Crippen LogP) is 6.03. The molecule has 0 bridgehead atoms. The van der Waals surface area contributed by atoms with Gasteiger partial charge in [-0.2, -0.15) is 13.2 Å². The van der Waals surface area contributed by atoms with E-state index in [9.17, 15) is 13.2 Å². The summed E-state index contributed by atoms with van der Waals surface area (Å²) in [5.74, 6) is 1.24. The van der Waals surface area contributed by atoms with Gasteiger partial charge in [0.05, 0.1) is 17.6 Å². The zero-order valence-electron chi connectivity index (χ0n) is 16.4. The lowest BCUT2D eigenvalue weighted by atomic mass is 10.2. The van der Waals surface area contributed by atoms with E-state index in [1.807, 2.05) is 36.4 Å². The van der Waals surface area contributed by atoms with Gasteiger partial charge in [-0.25, -0.2) is 0 Å². The van der Waals surface area contributed by atoms with Crippen molar-refractivity contribution >= 4 is 11.8 Å². The van der Waals surface area contributed by atoms with E-state index in [-0.39, 0.29) is 0 Å². The van der Waals surface area contributed by atoms with Crippen molar-refractivity contribution in [3.8, 4) is 11.5 Å². The minimum absolute atomic E-state index is 0.354. The van der Waals surface area contributed by atoms with Gasteiger partial charge in [0.25, 0.3) is 0 Å². The van der Waals surface area contributed by atoms with Gasteiger partial charge in [-0.15, -0.1) is 0 Å². The van der Waals surface area contributed by atoms with Crippen LogP contribution in [0.4, 0.5) is 13.2 Å². The van der Waals surface area contributed by atoms with Crippen LogP contribution in [0.5, 0.6) is 11.5 Å². The normalized spacial score (nSPS) is 11.3. The second-order valence-corrected chi connectivity index (χ2v) is 7.49. The Balaban J connectivity index is 1.50. The summed E-state index contributed by atoms with van der Waals surface area (Å²) in [5, 5.41) is 3.31. The monoisotopic (exact) mass is 433 g/mol. The molecule has 0 saturated heterocycles. The van der Waals surface area contributed by atoms with Crippen molar-refractivity contribution in [2.24, 2.45) is 0 Å². The van der Waals surface area contributed by atoms with Crippen molar-refractivity contribution in [1.82, 2.24) is 5.32 Å². The second-order valence-electron chi connectivity index (χ2n) is 6.41. The molecule has 3 rings (SSSR count). The van der Waals surface area contributed by atoms with Gasteiger partial charge in [0, 0.05) is 18.0 Å². The summed E-state index contributed by atoms with van der Waals surface area (Å²) in [6, 6.07) is 20.7. The fourth-order valence-electron chi connectivity index (χ4n) is 2.78. The summed E-state index contributed by atoms with van der Waals surface area (Å²) >= 11 is 1.64. The summed E-state index contributed by atoms with van der Waals surface area (Å²) < 4.78 is 48.7. The maximum absolute atomic E-state index is 12.6. The molecular formula is C23H22F3NO2S. The maximum atomic E-state index is 12.6. The minimum Gasteiger partial charge on any atom is -0.496 e. The summed E-state index contributed by atoms with van der Waals surface area (Å²) in [6.07, 6.45) is -4.34. The van der Waals surface area contributed by atoms with E-state index < -0.39 is 11.7 Å². The molecule has 3 nitrogen and oxygen atoms in total. The van der Waals surface area contributed by atoms with Gasteiger partial charge < -0.3 is 14.8 Å². The van der Waals surface area contributed by atoms with Gasteiger partial charge in [0.1, 0.15) is 18.1 Å². The van der Waals surface area contributed by atoms with E-state index in [0.29, 0.717) is 25.4 Å². The number of methoxy groups -OCH3 is 1. The topological polar surface area (TPSA) is 30.5 Å². The molecule has 158 valence electrons. The Kier molecular flexibility index (Phi) is 7.65. The van der Waals surface area contributed by atoms with Crippen LogP contribution in [-0.4, -0.2) is 20.3 Å². The number of hydrogen-bond acceptors (Lipinski definition) is 4. The smallest absolute Gasteiger partial charge is 0.416 e. The van der Waals surface area contributed by atoms with Crippen molar-refractivity contribution in [3.63, 3.8) is 0 Å². The number of rotatable bonds is 9. The highest BCUT2D eigenvalue weighted by Gasteiger charge is 2.29. The van der Waals surface area contributed by atoms with Crippen LogP contribution in [0.25, 0.3) is 0 Å². The fraction of sp³-hybridized carbons (Fsp3) is 0.217. The van der Waals surface area contributed by atoms with Crippen LogP contribution in [0.1, 0.15) is 11.1 Å². The molecule has 1 N–H and O–H groups in total. The molecular weight excluding hydrogens is 411 g/mol. The molecule has 3 aromatic carbocycles. The van der Waals surface area contributed by atoms with Crippen LogP contribution in [0, 0.1) is 0 Å². The number of alkyl halides is 3. The average molecular weight is 433 g/mol. The number of benzene rings is 3. The van der Waals surface area contributed by atoms with Crippen molar-refractivity contribution in [3.05, 3.63) is 83.9 Å². The van der Waals surface area contributed by atoms with Crippen LogP contribution < -0.4 is 14.8 Å². The molecule has 30 heavy (non-hydrogen) atoms. The molecule has 7 heteroatoms. The quantitative estimate of drug-likeness (QED) is 0.417. The molecule has 0 heterocycles. The maximum Gasteiger partial charge on any atom is 0.416 e. The fourth-order valence-corrected chi connectivity index (χ4v) is 3.83. The van der Waals surface area contributed by atoms with Gasteiger partial charge in [-0.1, -0.05) is 42.1 Å². The van der Waals surface area contributed by atoms with Crippen LogP contribution in [0.15, 0.2) is 82.6 Å². The Bertz CT molecular complexity index is 946. The van der Waals surface area contributed by atoms with Crippen LogP contribution >= 0.6 is 11.8 Å². The Morgan fingerprint density at radius 3 is 2.23 bits per heavy atom. The SMILES string of the molecule is COc1ccccc1Sc1ccccc1CNCCOc1ccc(C(F)(F)F)cc1. The van der Waals surface area contributed by atoms with Gasteiger partial charge in [0.2, 0.25) is 0 Å². The number of hydrogen-bond donors (Lipinski definition) is 1. The summed E-state index contributed by atoms with van der Waals surface area (Å²) in [6.45, 7) is 1.57. The summed E-state index contributed by atoms with van der Waals surface area (Å²) in [7, 11) is 1.66. The predicted molar refractivity (Wildman–Crippen MR) is 112 cm³/mol. The summed E-state index contributed by atoms with van der Waals surface area (Å²) in [4.78, 5) is 2.16. The highest BCUT2D eigenvalue weighted by molar-refractivity contribution is 7.99. The molecule has 0 spiro atoms. The van der Waals surface area contributed by atoms with Crippen molar-refractivity contribution < 1.29 is 22.6 Å². The largest absolute Gasteiger partial charge is 0.496 e. The van der Waals surface area contributed by atoms with Gasteiger partial charge >= 0.3 is 6.18 Å². The highest BCUT2D eigenvalue weighted by Crippen LogP contribution is 2.36. The number of nitrogens with one attached hydrogen (secondary N) is 1. The van der Waals surface area contributed by atoms with Crippen molar-refractivity contribution in [2.45, 2.75) is 22.5 Å². The lowest BCUT2D eigenvalue weighted by Gasteiger charge is -2.13. The molecule has 0 radical (unpaired) electrons. The molecule has 0 saturated carbocycles. The van der Waals surface area contributed by atoms with E-state index in [2.05, 4.69) is 17.4 Å². The third-order valence-corrected chi connectivity index (χ3v) is 5.48. The lowest BCUT2D eigenvalue weighted by molar-refractivity contribution is -0.137. The van der Waals surface area contributed by atoms with E-state index in [0.717, 1.165) is 33.2 Å². The molecule has 0 fully saturated rings. The second kappa shape index (κ2) is 10.4. The van der Waals surface area contributed by atoms with Gasteiger partial charge in [0.15, 0.2) is 0 Å². The first-order chi connectivity index (χ1) is 14.5. The molecule has 3 aromatic rings. The number of ether oxygens (including phenoxy) is 2. The minimum atomic E-state index is -4.34. The third-order valence-electron chi connectivity index (χ3n) is 4.31. The molecule has 0 unspecified atom stereocenters. The average Bonchev–Trinajstić information content (AvgIpc) is 2.75. The van der Waals surface area contributed by atoms with Crippen LogP contribution in [0.3, 0.4) is 0 Å². The molecule has 0 atom stereocenters. The van der Waals surface area contributed by atoms with E-state index in [1.54, 1.807) is 18.9 Å². The molecule has 0 aliphatic carbocycles. The Labute approximate surface area is 178 Å². The zero-order chi connectivity index (χ0) is 21.4.